The third kappa shape index (κ3) is 2.31. The highest BCUT2D eigenvalue weighted by molar-refractivity contribution is 5.53. The van der Waals surface area contributed by atoms with E-state index in [-0.39, 0.29) is 0 Å². The zero-order valence-corrected chi connectivity index (χ0v) is 11.9. The Bertz CT molecular complexity index is 595. The number of methoxy groups -OCH3 is 2. The largest absolute Gasteiger partial charge is 0.493 e. The fourth-order valence-corrected chi connectivity index (χ4v) is 2.74. The summed E-state index contributed by atoms with van der Waals surface area (Å²) in [5.74, 6) is 1.63. The number of rotatable bonds is 3. The Morgan fingerprint density at radius 3 is 2.20 bits per heavy atom. The molecule has 0 aromatic heterocycles. The van der Waals surface area contributed by atoms with Gasteiger partial charge in [-0.25, -0.2) is 0 Å². The minimum atomic E-state index is 0.807. The van der Waals surface area contributed by atoms with Crippen molar-refractivity contribution in [1.82, 2.24) is 0 Å². The van der Waals surface area contributed by atoms with E-state index < -0.39 is 0 Å². The zero-order valence-electron chi connectivity index (χ0n) is 11.9. The molecule has 0 N–H and O–H groups in total. The average molecular weight is 269 g/mol. The predicted octanol–water partition coefficient (Wildman–Crippen LogP) is 3.27. The molecule has 3 heteroatoms. The molecule has 0 radical (unpaired) electrons. The first-order chi connectivity index (χ1) is 9.81. The first-order valence-electron chi connectivity index (χ1n) is 6.85. The van der Waals surface area contributed by atoms with Crippen LogP contribution in [0.5, 0.6) is 11.5 Å². The third-order valence-corrected chi connectivity index (χ3v) is 3.84. The van der Waals surface area contributed by atoms with Crippen LogP contribution in [0.4, 0.5) is 5.69 Å². The minimum Gasteiger partial charge on any atom is -0.493 e. The van der Waals surface area contributed by atoms with Crippen LogP contribution in [-0.4, -0.2) is 20.8 Å². The number of nitrogens with zero attached hydrogens (tertiary/aromatic N) is 1. The molecule has 0 amide bonds. The summed E-state index contributed by atoms with van der Waals surface area (Å²) in [6.45, 7) is 1.95. The first-order valence-corrected chi connectivity index (χ1v) is 6.85. The molecule has 3 rings (SSSR count). The van der Waals surface area contributed by atoms with Gasteiger partial charge in [-0.05, 0) is 41.8 Å². The summed E-state index contributed by atoms with van der Waals surface area (Å²) in [7, 11) is 3.37. The van der Waals surface area contributed by atoms with E-state index in [0.29, 0.717) is 0 Å². The topological polar surface area (TPSA) is 21.7 Å². The SMILES string of the molecule is COc1cc2c(cc1OC)CN(c1ccccc1)CC2. The van der Waals surface area contributed by atoms with Crippen molar-refractivity contribution in [1.29, 1.82) is 0 Å². The molecule has 0 unspecified atom stereocenters. The summed E-state index contributed by atoms with van der Waals surface area (Å²) in [5, 5.41) is 0. The van der Waals surface area contributed by atoms with Crippen molar-refractivity contribution in [3.8, 4) is 11.5 Å². The third-order valence-electron chi connectivity index (χ3n) is 3.84. The van der Waals surface area contributed by atoms with Gasteiger partial charge in [-0.2, -0.15) is 0 Å². The highest BCUT2D eigenvalue weighted by Gasteiger charge is 2.19. The zero-order chi connectivity index (χ0) is 13.9. The van der Waals surface area contributed by atoms with Crippen molar-refractivity contribution in [2.24, 2.45) is 0 Å². The molecule has 3 nitrogen and oxygen atoms in total. The van der Waals surface area contributed by atoms with Crippen molar-refractivity contribution in [3.05, 3.63) is 53.6 Å². The molecule has 2 aromatic rings. The van der Waals surface area contributed by atoms with E-state index in [0.717, 1.165) is 31.0 Å². The van der Waals surface area contributed by atoms with Gasteiger partial charge in [-0.3, -0.25) is 0 Å². The average Bonchev–Trinajstić information content (AvgIpc) is 2.53. The van der Waals surface area contributed by atoms with Crippen LogP contribution in [0.25, 0.3) is 0 Å². The van der Waals surface area contributed by atoms with Crippen LogP contribution in [-0.2, 0) is 13.0 Å². The maximum Gasteiger partial charge on any atom is 0.161 e. The Kier molecular flexibility index (Phi) is 3.50. The van der Waals surface area contributed by atoms with Gasteiger partial charge in [0.1, 0.15) is 0 Å². The van der Waals surface area contributed by atoms with E-state index in [1.165, 1.54) is 16.8 Å². The molecule has 1 heterocycles. The van der Waals surface area contributed by atoms with E-state index in [9.17, 15) is 0 Å². The summed E-state index contributed by atoms with van der Waals surface area (Å²) >= 11 is 0. The summed E-state index contributed by atoms with van der Waals surface area (Å²) in [4.78, 5) is 2.40. The Labute approximate surface area is 119 Å². The number of hydrogen-bond acceptors (Lipinski definition) is 3. The Morgan fingerprint density at radius 2 is 1.55 bits per heavy atom. The Morgan fingerprint density at radius 1 is 0.900 bits per heavy atom. The first kappa shape index (κ1) is 12.9. The number of ether oxygens (including phenoxy) is 2. The second-order valence-electron chi connectivity index (χ2n) is 4.98. The summed E-state index contributed by atoms with van der Waals surface area (Å²) in [5.41, 5.74) is 3.94. The molecule has 1 aliphatic heterocycles. The van der Waals surface area contributed by atoms with Gasteiger partial charge in [0.25, 0.3) is 0 Å². The van der Waals surface area contributed by atoms with E-state index >= 15 is 0 Å². The van der Waals surface area contributed by atoms with Gasteiger partial charge in [0, 0.05) is 18.8 Å². The molecule has 0 spiro atoms. The van der Waals surface area contributed by atoms with Gasteiger partial charge in [0.05, 0.1) is 14.2 Å². The maximum absolute atomic E-state index is 5.40. The molecule has 0 fully saturated rings. The molecule has 1 aliphatic rings. The molecule has 20 heavy (non-hydrogen) atoms. The second-order valence-corrected chi connectivity index (χ2v) is 4.98. The van der Waals surface area contributed by atoms with Crippen molar-refractivity contribution in [3.63, 3.8) is 0 Å². The molecule has 0 atom stereocenters. The van der Waals surface area contributed by atoms with E-state index in [1.807, 2.05) is 0 Å². The van der Waals surface area contributed by atoms with Crippen LogP contribution in [0.2, 0.25) is 0 Å². The molecule has 0 saturated heterocycles. The standard InChI is InChI=1S/C17H19NO2/c1-19-16-10-13-8-9-18(15-6-4-3-5-7-15)12-14(13)11-17(16)20-2/h3-7,10-11H,8-9,12H2,1-2H3. The van der Waals surface area contributed by atoms with Crippen LogP contribution in [0.3, 0.4) is 0 Å². The molecular formula is C17H19NO2. The van der Waals surface area contributed by atoms with Crippen molar-refractivity contribution < 1.29 is 9.47 Å². The lowest BCUT2D eigenvalue weighted by atomic mass is 9.98. The maximum atomic E-state index is 5.40. The molecule has 0 saturated carbocycles. The van der Waals surface area contributed by atoms with Crippen LogP contribution in [0.15, 0.2) is 42.5 Å². The van der Waals surface area contributed by atoms with Crippen LogP contribution in [0.1, 0.15) is 11.1 Å². The normalized spacial score (nSPS) is 13.8. The number of benzene rings is 2. The number of anilines is 1. The lowest BCUT2D eigenvalue weighted by Gasteiger charge is -2.31. The molecule has 2 aromatic carbocycles. The molecular weight excluding hydrogens is 250 g/mol. The smallest absolute Gasteiger partial charge is 0.161 e. The van der Waals surface area contributed by atoms with Gasteiger partial charge >= 0.3 is 0 Å². The highest BCUT2D eigenvalue weighted by atomic mass is 16.5. The number of para-hydroxylation sites is 1. The second kappa shape index (κ2) is 5.45. The fourth-order valence-electron chi connectivity index (χ4n) is 2.74. The fraction of sp³-hybridized carbons (Fsp3) is 0.294. The quantitative estimate of drug-likeness (QED) is 0.853. The van der Waals surface area contributed by atoms with Gasteiger partial charge in [0.2, 0.25) is 0 Å². The lowest BCUT2D eigenvalue weighted by molar-refractivity contribution is 0.353. The van der Waals surface area contributed by atoms with Crippen molar-refractivity contribution in [2.75, 3.05) is 25.7 Å². The Hall–Kier alpha value is -2.16. The van der Waals surface area contributed by atoms with Gasteiger partial charge in [0.15, 0.2) is 11.5 Å². The van der Waals surface area contributed by atoms with E-state index in [4.69, 9.17) is 9.47 Å². The van der Waals surface area contributed by atoms with Gasteiger partial charge in [-0.1, -0.05) is 18.2 Å². The summed E-state index contributed by atoms with van der Waals surface area (Å²) in [6.07, 6.45) is 1.03. The predicted molar refractivity (Wildman–Crippen MR) is 80.7 cm³/mol. The number of hydrogen-bond donors (Lipinski definition) is 0. The summed E-state index contributed by atoms with van der Waals surface area (Å²) < 4.78 is 10.8. The monoisotopic (exact) mass is 269 g/mol. The van der Waals surface area contributed by atoms with Gasteiger partial charge in [-0.15, -0.1) is 0 Å². The van der Waals surface area contributed by atoms with Crippen LogP contribution >= 0.6 is 0 Å². The molecule has 104 valence electrons. The lowest BCUT2D eigenvalue weighted by Crippen LogP contribution is -2.30. The summed E-state index contributed by atoms with van der Waals surface area (Å²) in [6, 6.07) is 14.7. The molecule has 0 bridgehead atoms. The van der Waals surface area contributed by atoms with Crippen LogP contribution < -0.4 is 14.4 Å². The van der Waals surface area contributed by atoms with Gasteiger partial charge < -0.3 is 14.4 Å². The van der Waals surface area contributed by atoms with Crippen LogP contribution in [0, 0.1) is 0 Å². The van der Waals surface area contributed by atoms with E-state index in [2.05, 4.69) is 47.4 Å². The number of fused-ring (bicyclic) bond motifs is 1. The molecule has 0 aliphatic carbocycles. The van der Waals surface area contributed by atoms with Crippen molar-refractivity contribution in [2.45, 2.75) is 13.0 Å². The Balaban J connectivity index is 1.91. The minimum absolute atomic E-state index is 0.807. The highest BCUT2D eigenvalue weighted by Crippen LogP contribution is 2.34. The van der Waals surface area contributed by atoms with E-state index in [1.54, 1.807) is 14.2 Å². The van der Waals surface area contributed by atoms with Crippen molar-refractivity contribution >= 4 is 5.69 Å².